The molecule has 1 amide bonds. The number of rotatable bonds is 7. The molecule has 0 spiro atoms. The van der Waals surface area contributed by atoms with E-state index in [9.17, 15) is 13.2 Å². The summed E-state index contributed by atoms with van der Waals surface area (Å²) in [7, 11) is -3.58. The summed E-state index contributed by atoms with van der Waals surface area (Å²) >= 11 is 1.20. The number of nitrogens with zero attached hydrogens (tertiary/aromatic N) is 2. The largest absolute Gasteiger partial charge is 0.377 e. The second-order valence-electron chi connectivity index (χ2n) is 6.80. The highest BCUT2D eigenvalue weighted by Gasteiger charge is 2.42. The highest BCUT2D eigenvalue weighted by Crippen LogP contribution is 2.30. The van der Waals surface area contributed by atoms with Crippen LogP contribution in [0.4, 0.5) is 0 Å². The number of piperidine rings is 1. The highest BCUT2D eigenvalue weighted by molar-refractivity contribution is 7.91. The van der Waals surface area contributed by atoms with E-state index < -0.39 is 16.1 Å². The van der Waals surface area contributed by atoms with Crippen molar-refractivity contribution in [1.29, 1.82) is 0 Å². The summed E-state index contributed by atoms with van der Waals surface area (Å²) in [5, 5.41) is 1.75. The van der Waals surface area contributed by atoms with Crippen molar-refractivity contribution in [2.24, 2.45) is 5.92 Å². The van der Waals surface area contributed by atoms with Gasteiger partial charge in [0.05, 0.1) is 6.61 Å². The van der Waals surface area contributed by atoms with E-state index in [1.165, 1.54) is 15.6 Å². The number of ether oxygens (including phenoxy) is 1. The summed E-state index contributed by atoms with van der Waals surface area (Å²) in [6.45, 7) is 6.64. The summed E-state index contributed by atoms with van der Waals surface area (Å²) < 4.78 is 32.9. The van der Waals surface area contributed by atoms with Gasteiger partial charge >= 0.3 is 0 Å². The fourth-order valence-electron chi connectivity index (χ4n) is 3.65. The van der Waals surface area contributed by atoms with Crippen molar-refractivity contribution in [3.05, 3.63) is 30.2 Å². The van der Waals surface area contributed by atoms with Gasteiger partial charge in [0.15, 0.2) is 0 Å². The van der Waals surface area contributed by atoms with Gasteiger partial charge in [-0.1, -0.05) is 12.1 Å². The first kappa shape index (κ1) is 19.5. The highest BCUT2D eigenvalue weighted by atomic mass is 32.2. The molecule has 1 aromatic rings. The van der Waals surface area contributed by atoms with E-state index in [0.717, 1.165) is 19.3 Å². The van der Waals surface area contributed by atoms with E-state index in [2.05, 4.69) is 6.58 Å². The van der Waals surface area contributed by atoms with Crippen LogP contribution in [0.3, 0.4) is 0 Å². The Labute approximate surface area is 159 Å². The van der Waals surface area contributed by atoms with Gasteiger partial charge in [-0.15, -0.1) is 17.9 Å². The summed E-state index contributed by atoms with van der Waals surface area (Å²) in [5.41, 5.74) is 0. The first-order valence-corrected chi connectivity index (χ1v) is 11.4. The van der Waals surface area contributed by atoms with Gasteiger partial charge in [-0.05, 0) is 43.0 Å². The number of amides is 1. The summed E-state index contributed by atoms with van der Waals surface area (Å²) in [5.74, 6) is 0.404. The molecule has 3 heterocycles. The number of thiophene rings is 1. The van der Waals surface area contributed by atoms with E-state index in [4.69, 9.17) is 4.74 Å². The van der Waals surface area contributed by atoms with Crippen LogP contribution in [0.1, 0.15) is 25.7 Å². The Morgan fingerprint density at radius 2 is 2.08 bits per heavy atom. The molecule has 1 aromatic heterocycles. The van der Waals surface area contributed by atoms with Crippen molar-refractivity contribution in [2.75, 3.05) is 32.8 Å². The minimum absolute atomic E-state index is 0.0481. The average Bonchev–Trinajstić information content (AvgIpc) is 3.34. The Morgan fingerprint density at radius 3 is 2.73 bits per heavy atom. The van der Waals surface area contributed by atoms with E-state index in [-0.39, 0.29) is 5.91 Å². The molecule has 0 aliphatic carbocycles. The topological polar surface area (TPSA) is 66.9 Å². The summed E-state index contributed by atoms with van der Waals surface area (Å²) in [6, 6.07) is 2.77. The van der Waals surface area contributed by atoms with Gasteiger partial charge in [0.25, 0.3) is 10.0 Å². The maximum Gasteiger partial charge on any atom is 0.253 e. The van der Waals surface area contributed by atoms with Gasteiger partial charge < -0.3 is 9.64 Å². The molecule has 0 N–H and O–H groups in total. The fourth-order valence-corrected chi connectivity index (χ4v) is 6.42. The summed E-state index contributed by atoms with van der Waals surface area (Å²) in [6.07, 6.45) is 4.86. The van der Waals surface area contributed by atoms with Crippen molar-refractivity contribution in [1.82, 2.24) is 9.21 Å². The van der Waals surface area contributed by atoms with Gasteiger partial charge in [0.2, 0.25) is 5.91 Å². The quantitative estimate of drug-likeness (QED) is 0.522. The third kappa shape index (κ3) is 4.19. The molecule has 8 heteroatoms. The lowest BCUT2D eigenvalue weighted by Crippen LogP contribution is -2.50. The second kappa shape index (κ2) is 8.65. The van der Waals surface area contributed by atoms with Crippen molar-refractivity contribution in [3.63, 3.8) is 0 Å². The van der Waals surface area contributed by atoms with Gasteiger partial charge in [0.1, 0.15) is 10.3 Å². The van der Waals surface area contributed by atoms with Crippen molar-refractivity contribution in [2.45, 2.75) is 35.9 Å². The van der Waals surface area contributed by atoms with Crippen molar-refractivity contribution >= 4 is 27.3 Å². The zero-order valence-corrected chi connectivity index (χ0v) is 16.5. The standard InChI is InChI=1S/C18H26N2O4S2/c1-2-12-24-14-15-7-10-19(11-8-15)18(21)16-5-3-9-20(16)26(22,23)17-6-4-13-25-17/h2,4,6,13,15-16H,1,3,5,7-12,14H2. The molecule has 2 fully saturated rings. The minimum atomic E-state index is -3.58. The molecule has 2 aliphatic rings. The molecule has 1 unspecified atom stereocenters. The molecule has 1 atom stereocenters. The third-order valence-electron chi connectivity index (χ3n) is 5.06. The molecular formula is C18H26N2O4S2. The number of hydrogen-bond acceptors (Lipinski definition) is 5. The molecule has 6 nitrogen and oxygen atoms in total. The van der Waals surface area contributed by atoms with E-state index in [1.54, 1.807) is 23.6 Å². The Morgan fingerprint density at radius 1 is 1.31 bits per heavy atom. The molecule has 26 heavy (non-hydrogen) atoms. The lowest BCUT2D eigenvalue weighted by atomic mass is 9.97. The van der Waals surface area contributed by atoms with Crippen molar-refractivity contribution < 1.29 is 17.9 Å². The van der Waals surface area contributed by atoms with Crippen LogP contribution in [0.5, 0.6) is 0 Å². The number of sulfonamides is 1. The van der Waals surface area contributed by atoms with Crippen LogP contribution in [0, 0.1) is 5.92 Å². The lowest BCUT2D eigenvalue weighted by molar-refractivity contribution is -0.136. The molecule has 2 saturated heterocycles. The van der Waals surface area contributed by atoms with Crippen LogP contribution >= 0.6 is 11.3 Å². The Bertz CT molecular complexity index is 710. The molecule has 2 aliphatic heterocycles. The number of likely N-dealkylation sites (tertiary alicyclic amines) is 1. The molecule has 0 radical (unpaired) electrons. The predicted molar refractivity (Wildman–Crippen MR) is 102 cm³/mol. The fraction of sp³-hybridized carbons (Fsp3) is 0.611. The van der Waals surface area contributed by atoms with Gasteiger partial charge in [-0.25, -0.2) is 8.42 Å². The number of carbonyl (C=O) groups is 1. The van der Waals surface area contributed by atoms with E-state index >= 15 is 0 Å². The third-order valence-corrected chi connectivity index (χ3v) is 8.34. The molecule has 144 valence electrons. The molecule has 0 saturated carbocycles. The molecule has 0 bridgehead atoms. The van der Waals surface area contributed by atoms with Gasteiger partial charge in [-0.3, -0.25) is 4.79 Å². The zero-order valence-electron chi connectivity index (χ0n) is 14.9. The summed E-state index contributed by atoms with van der Waals surface area (Å²) in [4.78, 5) is 14.8. The smallest absolute Gasteiger partial charge is 0.253 e. The molecule has 3 rings (SSSR count). The predicted octanol–water partition coefficient (Wildman–Crippen LogP) is 2.34. The Balaban J connectivity index is 1.60. The van der Waals surface area contributed by atoms with Gasteiger partial charge in [0, 0.05) is 26.2 Å². The molecule has 0 aromatic carbocycles. The normalized spacial score (nSPS) is 22.6. The SMILES string of the molecule is C=CCOCC1CCN(C(=O)C2CCCN2S(=O)(=O)c2cccs2)CC1. The molecular weight excluding hydrogens is 372 g/mol. The maximum atomic E-state index is 13.0. The van der Waals surface area contributed by atoms with Crippen molar-refractivity contribution in [3.8, 4) is 0 Å². The van der Waals surface area contributed by atoms with Crippen LogP contribution in [0.25, 0.3) is 0 Å². The van der Waals surface area contributed by atoms with Crippen LogP contribution in [-0.4, -0.2) is 62.4 Å². The maximum absolute atomic E-state index is 13.0. The Hall–Kier alpha value is -1.22. The number of hydrogen-bond donors (Lipinski definition) is 0. The monoisotopic (exact) mass is 398 g/mol. The van der Waals surface area contributed by atoms with Gasteiger partial charge in [-0.2, -0.15) is 4.31 Å². The Kier molecular flexibility index (Phi) is 6.50. The van der Waals surface area contributed by atoms with E-state index in [1.807, 2.05) is 4.90 Å². The van der Waals surface area contributed by atoms with E-state index in [0.29, 0.717) is 49.4 Å². The number of carbonyl (C=O) groups excluding carboxylic acids is 1. The first-order valence-electron chi connectivity index (χ1n) is 9.07. The first-order chi connectivity index (χ1) is 12.5. The van der Waals surface area contributed by atoms with Crippen LogP contribution in [0.2, 0.25) is 0 Å². The average molecular weight is 399 g/mol. The van der Waals surface area contributed by atoms with Crippen LogP contribution in [0.15, 0.2) is 34.4 Å². The lowest BCUT2D eigenvalue weighted by Gasteiger charge is -2.35. The second-order valence-corrected chi connectivity index (χ2v) is 9.87. The van der Waals surface area contributed by atoms with Crippen LogP contribution < -0.4 is 0 Å². The minimum Gasteiger partial charge on any atom is -0.377 e. The van der Waals surface area contributed by atoms with Crippen LogP contribution in [-0.2, 0) is 19.6 Å². The zero-order chi connectivity index (χ0) is 18.6.